The maximum absolute atomic E-state index is 12.1. The molecule has 3 rings (SSSR count). The summed E-state index contributed by atoms with van der Waals surface area (Å²) in [4.78, 5) is 22.7. The fourth-order valence-corrected chi connectivity index (χ4v) is 2.61. The highest BCUT2D eigenvalue weighted by atomic mass is 16.6. The highest BCUT2D eigenvalue weighted by molar-refractivity contribution is 5.80. The Kier molecular flexibility index (Phi) is 4.88. The molecule has 0 radical (unpaired) electrons. The molecule has 0 aliphatic carbocycles. The van der Waals surface area contributed by atoms with Crippen LogP contribution < -0.4 is 10.1 Å². The number of nitro benzene ring substituents is 1. The average Bonchev–Trinajstić information content (AvgIpc) is 3.05. The fourth-order valence-electron chi connectivity index (χ4n) is 2.61. The quantitative estimate of drug-likeness (QED) is 0.535. The van der Waals surface area contributed by atoms with Crippen LogP contribution in [0.1, 0.15) is 24.3 Å². The van der Waals surface area contributed by atoms with Crippen molar-refractivity contribution in [1.82, 2.24) is 5.32 Å². The predicted molar refractivity (Wildman–Crippen MR) is 96.1 cm³/mol. The lowest BCUT2D eigenvalue weighted by atomic mass is 10.2. The van der Waals surface area contributed by atoms with Crippen molar-refractivity contribution in [2.75, 3.05) is 6.61 Å². The Morgan fingerprint density at radius 2 is 2.04 bits per heavy atom. The zero-order valence-corrected chi connectivity index (χ0v) is 14.4. The molecule has 7 heteroatoms. The number of nitrogens with zero attached hydrogens (tertiary/aromatic N) is 1. The first-order valence-electron chi connectivity index (χ1n) is 8.09. The molecule has 7 nitrogen and oxygen atoms in total. The Hall–Kier alpha value is -3.35. The van der Waals surface area contributed by atoms with Crippen molar-refractivity contribution in [2.45, 2.75) is 19.9 Å². The zero-order valence-electron chi connectivity index (χ0n) is 14.4. The minimum absolute atomic E-state index is 0.0622. The second-order valence-electron chi connectivity index (χ2n) is 5.99. The van der Waals surface area contributed by atoms with Gasteiger partial charge in [-0.15, -0.1) is 0 Å². The maximum atomic E-state index is 12.1. The van der Waals surface area contributed by atoms with Gasteiger partial charge in [0.2, 0.25) is 0 Å². The van der Waals surface area contributed by atoms with Gasteiger partial charge in [0, 0.05) is 11.5 Å². The zero-order chi connectivity index (χ0) is 18.7. The first-order valence-corrected chi connectivity index (χ1v) is 8.09. The molecule has 0 spiro atoms. The molecule has 2 aromatic carbocycles. The first-order chi connectivity index (χ1) is 12.4. The molecule has 1 atom stereocenters. The van der Waals surface area contributed by atoms with E-state index in [9.17, 15) is 14.9 Å². The normalized spacial score (nSPS) is 11.9. The average molecular weight is 354 g/mol. The number of carbonyl (C=O) groups is 1. The van der Waals surface area contributed by atoms with Crippen LogP contribution in [-0.4, -0.2) is 17.4 Å². The van der Waals surface area contributed by atoms with E-state index in [-0.39, 0.29) is 24.1 Å². The molecule has 1 aromatic heterocycles. The standard InChI is InChI=1S/C19H18N2O5/c1-12-7-8-17(15(9-12)21(23)24)25-11-19(22)20-13(2)18-10-14-5-3-4-6-16(14)26-18/h3-10,13H,11H2,1-2H3,(H,20,22). The Morgan fingerprint density at radius 1 is 1.27 bits per heavy atom. The SMILES string of the molecule is Cc1ccc(OCC(=O)NC(C)c2cc3ccccc3o2)c([N+](=O)[O-])c1. The third kappa shape index (κ3) is 3.83. The number of rotatable bonds is 6. The van der Waals surface area contributed by atoms with E-state index in [0.29, 0.717) is 5.76 Å². The van der Waals surface area contributed by atoms with Gasteiger partial charge in [-0.25, -0.2) is 0 Å². The van der Waals surface area contributed by atoms with E-state index in [0.717, 1.165) is 16.5 Å². The van der Waals surface area contributed by atoms with Crippen LogP contribution in [0.15, 0.2) is 52.9 Å². The van der Waals surface area contributed by atoms with Gasteiger partial charge in [-0.3, -0.25) is 14.9 Å². The number of hydrogen-bond acceptors (Lipinski definition) is 5. The van der Waals surface area contributed by atoms with Crippen LogP contribution in [0.2, 0.25) is 0 Å². The number of carbonyl (C=O) groups excluding carboxylic acids is 1. The van der Waals surface area contributed by atoms with Crippen LogP contribution in [0.4, 0.5) is 5.69 Å². The van der Waals surface area contributed by atoms with E-state index in [1.165, 1.54) is 12.1 Å². The summed E-state index contributed by atoms with van der Waals surface area (Å²) < 4.78 is 11.0. The number of ether oxygens (including phenoxy) is 1. The van der Waals surface area contributed by atoms with Crippen molar-refractivity contribution in [3.05, 3.63) is 70.0 Å². The Labute approximate surface area is 149 Å². The highest BCUT2D eigenvalue weighted by Gasteiger charge is 2.18. The minimum atomic E-state index is -0.530. The van der Waals surface area contributed by atoms with Crippen LogP contribution in [0, 0.1) is 17.0 Å². The van der Waals surface area contributed by atoms with Gasteiger partial charge < -0.3 is 14.5 Å². The number of benzene rings is 2. The summed E-state index contributed by atoms with van der Waals surface area (Å²) in [5.74, 6) is 0.292. The van der Waals surface area contributed by atoms with Crippen molar-refractivity contribution < 1.29 is 18.9 Å². The van der Waals surface area contributed by atoms with E-state index < -0.39 is 10.8 Å². The Bertz CT molecular complexity index is 930. The monoisotopic (exact) mass is 354 g/mol. The molecule has 0 saturated heterocycles. The summed E-state index contributed by atoms with van der Waals surface area (Å²) in [7, 11) is 0. The molecule has 1 unspecified atom stereocenters. The molecule has 1 N–H and O–H groups in total. The molecule has 0 aliphatic rings. The van der Waals surface area contributed by atoms with Crippen molar-refractivity contribution in [3.8, 4) is 5.75 Å². The van der Waals surface area contributed by atoms with Gasteiger partial charge in [-0.05, 0) is 37.6 Å². The van der Waals surface area contributed by atoms with Gasteiger partial charge in [0.25, 0.3) is 5.91 Å². The van der Waals surface area contributed by atoms with Crippen molar-refractivity contribution >= 4 is 22.6 Å². The molecular formula is C19H18N2O5. The smallest absolute Gasteiger partial charge is 0.311 e. The number of fused-ring (bicyclic) bond motifs is 1. The summed E-state index contributed by atoms with van der Waals surface area (Å²) in [6.45, 7) is 3.22. The number of aryl methyl sites for hydroxylation is 1. The van der Waals surface area contributed by atoms with E-state index in [1.54, 1.807) is 19.9 Å². The largest absolute Gasteiger partial charge is 0.477 e. The Morgan fingerprint density at radius 3 is 2.77 bits per heavy atom. The topological polar surface area (TPSA) is 94.6 Å². The van der Waals surface area contributed by atoms with Crippen LogP contribution in [-0.2, 0) is 4.79 Å². The van der Waals surface area contributed by atoms with Crippen LogP contribution in [0.3, 0.4) is 0 Å². The summed E-state index contributed by atoms with van der Waals surface area (Å²) in [6, 6.07) is 13.7. The van der Waals surface area contributed by atoms with Gasteiger partial charge >= 0.3 is 5.69 Å². The van der Waals surface area contributed by atoms with Crippen molar-refractivity contribution in [3.63, 3.8) is 0 Å². The van der Waals surface area contributed by atoms with Crippen molar-refractivity contribution in [2.24, 2.45) is 0 Å². The number of hydrogen-bond donors (Lipinski definition) is 1. The predicted octanol–water partition coefficient (Wildman–Crippen LogP) is 3.91. The van der Waals surface area contributed by atoms with E-state index >= 15 is 0 Å². The van der Waals surface area contributed by atoms with Crippen LogP contribution in [0.25, 0.3) is 11.0 Å². The van der Waals surface area contributed by atoms with Gasteiger partial charge in [0.05, 0.1) is 11.0 Å². The minimum Gasteiger partial charge on any atom is -0.477 e. The molecule has 0 bridgehead atoms. The number of furan rings is 1. The molecular weight excluding hydrogens is 336 g/mol. The summed E-state index contributed by atoms with van der Waals surface area (Å²) in [5.41, 5.74) is 1.32. The van der Waals surface area contributed by atoms with E-state index in [1.807, 2.05) is 30.3 Å². The molecule has 0 saturated carbocycles. The second kappa shape index (κ2) is 7.26. The van der Waals surface area contributed by atoms with E-state index in [4.69, 9.17) is 9.15 Å². The maximum Gasteiger partial charge on any atom is 0.311 e. The summed E-state index contributed by atoms with van der Waals surface area (Å²) >= 11 is 0. The molecule has 1 amide bonds. The van der Waals surface area contributed by atoms with Crippen LogP contribution in [0.5, 0.6) is 5.75 Å². The molecule has 0 fully saturated rings. The summed E-state index contributed by atoms with van der Waals surface area (Å²) in [5, 5.41) is 14.8. The van der Waals surface area contributed by atoms with Gasteiger partial charge in [0.15, 0.2) is 12.4 Å². The summed E-state index contributed by atoms with van der Waals surface area (Å²) in [6.07, 6.45) is 0. The number of para-hydroxylation sites is 1. The highest BCUT2D eigenvalue weighted by Crippen LogP contribution is 2.28. The van der Waals surface area contributed by atoms with Gasteiger partial charge in [-0.1, -0.05) is 24.3 Å². The number of amides is 1. The first kappa shape index (κ1) is 17.5. The molecule has 1 heterocycles. The van der Waals surface area contributed by atoms with Gasteiger partial charge in [0.1, 0.15) is 11.3 Å². The molecule has 0 aliphatic heterocycles. The molecule has 134 valence electrons. The van der Waals surface area contributed by atoms with E-state index in [2.05, 4.69) is 5.32 Å². The Balaban J connectivity index is 1.63. The molecule has 26 heavy (non-hydrogen) atoms. The van der Waals surface area contributed by atoms with Crippen LogP contribution >= 0.6 is 0 Å². The number of nitrogens with one attached hydrogen (secondary N) is 1. The third-order valence-corrected chi connectivity index (χ3v) is 3.92. The fraction of sp³-hybridized carbons (Fsp3) is 0.211. The van der Waals surface area contributed by atoms with Gasteiger partial charge in [-0.2, -0.15) is 0 Å². The lowest BCUT2D eigenvalue weighted by Gasteiger charge is -2.12. The lowest BCUT2D eigenvalue weighted by molar-refractivity contribution is -0.385. The molecule has 3 aromatic rings. The number of nitro groups is 1. The second-order valence-corrected chi connectivity index (χ2v) is 5.99. The lowest BCUT2D eigenvalue weighted by Crippen LogP contribution is -2.31. The van der Waals surface area contributed by atoms with Crippen molar-refractivity contribution in [1.29, 1.82) is 0 Å². The third-order valence-electron chi connectivity index (χ3n) is 3.92.